The Kier molecular flexibility index (Phi) is 6.46. The predicted molar refractivity (Wildman–Crippen MR) is 101 cm³/mol. The minimum absolute atomic E-state index is 0.117. The summed E-state index contributed by atoms with van der Waals surface area (Å²) in [4.78, 5) is 15.4. The van der Waals surface area contributed by atoms with E-state index in [1.54, 1.807) is 17.4 Å². The van der Waals surface area contributed by atoms with E-state index >= 15 is 0 Å². The molecular formula is C19H24FN3O2S. The number of amides is 2. The largest absolute Gasteiger partial charge is 0.494 e. The number of hydrogen-bond acceptors (Lipinski definition) is 4. The zero-order valence-corrected chi connectivity index (χ0v) is 15.7. The highest BCUT2D eigenvalue weighted by atomic mass is 32.1. The van der Waals surface area contributed by atoms with Crippen molar-refractivity contribution in [2.75, 3.05) is 20.2 Å². The monoisotopic (exact) mass is 377 g/mol. The van der Waals surface area contributed by atoms with Gasteiger partial charge < -0.3 is 15.4 Å². The zero-order valence-electron chi connectivity index (χ0n) is 14.8. The Morgan fingerprint density at radius 2 is 2.15 bits per heavy atom. The molecule has 0 spiro atoms. The van der Waals surface area contributed by atoms with Crippen molar-refractivity contribution in [3.05, 3.63) is 52.0 Å². The lowest BCUT2D eigenvalue weighted by Crippen LogP contribution is -2.47. The molecular weight excluding hydrogens is 353 g/mol. The van der Waals surface area contributed by atoms with Crippen LogP contribution in [0.5, 0.6) is 5.75 Å². The number of urea groups is 1. The number of carbonyl (C=O) groups excluding carboxylic acids is 1. The molecule has 1 aliphatic heterocycles. The van der Waals surface area contributed by atoms with Crippen LogP contribution in [0.25, 0.3) is 0 Å². The second-order valence-corrected chi connectivity index (χ2v) is 7.46. The molecule has 2 heterocycles. The maximum Gasteiger partial charge on any atom is 0.315 e. The SMILES string of the molecule is COc1ccc(CN2CCC(NC(=O)NCc3cccs3)CC2)cc1F. The van der Waals surface area contributed by atoms with Gasteiger partial charge in [-0.05, 0) is 42.0 Å². The molecule has 2 aromatic rings. The fourth-order valence-corrected chi connectivity index (χ4v) is 3.76. The number of nitrogens with one attached hydrogen (secondary N) is 2. The van der Waals surface area contributed by atoms with E-state index in [0.717, 1.165) is 36.4 Å². The number of rotatable bonds is 6. The maximum atomic E-state index is 13.8. The number of benzene rings is 1. The van der Waals surface area contributed by atoms with E-state index in [0.29, 0.717) is 13.1 Å². The molecule has 0 saturated carbocycles. The van der Waals surface area contributed by atoms with Crippen LogP contribution in [0.4, 0.5) is 9.18 Å². The first-order valence-electron chi connectivity index (χ1n) is 8.75. The normalized spacial score (nSPS) is 15.6. The molecule has 5 nitrogen and oxygen atoms in total. The number of piperidine rings is 1. The number of likely N-dealkylation sites (tertiary alicyclic amines) is 1. The lowest BCUT2D eigenvalue weighted by molar-refractivity contribution is 0.186. The third-order valence-corrected chi connectivity index (χ3v) is 5.42. The number of halogens is 1. The van der Waals surface area contributed by atoms with Crippen molar-refractivity contribution in [3.63, 3.8) is 0 Å². The van der Waals surface area contributed by atoms with Crippen LogP contribution < -0.4 is 15.4 Å². The summed E-state index contributed by atoms with van der Waals surface area (Å²) in [5, 5.41) is 7.93. The molecule has 0 radical (unpaired) electrons. The lowest BCUT2D eigenvalue weighted by Gasteiger charge is -2.32. The highest BCUT2D eigenvalue weighted by Crippen LogP contribution is 2.20. The first-order valence-corrected chi connectivity index (χ1v) is 9.63. The number of carbonyl (C=O) groups is 1. The van der Waals surface area contributed by atoms with Crippen LogP contribution in [0.15, 0.2) is 35.7 Å². The van der Waals surface area contributed by atoms with Crippen molar-refractivity contribution in [2.24, 2.45) is 0 Å². The number of ether oxygens (including phenoxy) is 1. The Morgan fingerprint density at radius 3 is 2.81 bits per heavy atom. The quantitative estimate of drug-likeness (QED) is 0.812. The third-order valence-electron chi connectivity index (χ3n) is 4.55. The van der Waals surface area contributed by atoms with Gasteiger partial charge in [-0.1, -0.05) is 12.1 Å². The summed E-state index contributed by atoms with van der Waals surface area (Å²) in [6.45, 7) is 3.02. The van der Waals surface area contributed by atoms with Crippen molar-refractivity contribution in [2.45, 2.75) is 32.0 Å². The fourth-order valence-electron chi connectivity index (χ4n) is 3.12. The van der Waals surface area contributed by atoms with Gasteiger partial charge in [0.05, 0.1) is 13.7 Å². The molecule has 2 amide bonds. The van der Waals surface area contributed by atoms with Crippen molar-refractivity contribution < 1.29 is 13.9 Å². The van der Waals surface area contributed by atoms with Gasteiger partial charge in [0, 0.05) is 30.6 Å². The average Bonchev–Trinajstić information content (AvgIpc) is 3.15. The number of nitrogens with zero attached hydrogens (tertiary/aromatic N) is 1. The van der Waals surface area contributed by atoms with Gasteiger partial charge in [0.2, 0.25) is 0 Å². The average molecular weight is 377 g/mol. The second kappa shape index (κ2) is 9.00. The molecule has 26 heavy (non-hydrogen) atoms. The summed E-state index contributed by atoms with van der Waals surface area (Å²) in [6.07, 6.45) is 1.79. The van der Waals surface area contributed by atoms with Crippen LogP contribution in [0, 0.1) is 5.82 Å². The Hall–Kier alpha value is -2.12. The minimum atomic E-state index is -0.330. The van der Waals surface area contributed by atoms with Crippen molar-refractivity contribution in [1.82, 2.24) is 15.5 Å². The van der Waals surface area contributed by atoms with E-state index in [9.17, 15) is 9.18 Å². The molecule has 3 rings (SSSR count). The van der Waals surface area contributed by atoms with Gasteiger partial charge in [0.1, 0.15) is 0 Å². The van der Waals surface area contributed by atoms with E-state index in [1.807, 2.05) is 23.6 Å². The molecule has 0 unspecified atom stereocenters. The van der Waals surface area contributed by atoms with Crippen LogP contribution in [-0.4, -0.2) is 37.2 Å². The van der Waals surface area contributed by atoms with Crippen molar-refractivity contribution in [1.29, 1.82) is 0 Å². The van der Waals surface area contributed by atoms with Gasteiger partial charge in [0.25, 0.3) is 0 Å². The van der Waals surface area contributed by atoms with Gasteiger partial charge in [-0.15, -0.1) is 11.3 Å². The van der Waals surface area contributed by atoms with Crippen molar-refractivity contribution >= 4 is 17.4 Å². The van der Waals surface area contributed by atoms with E-state index in [1.165, 1.54) is 13.2 Å². The third kappa shape index (κ3) is 5.19. The highest BCUT2D eigenvalue weighted by molar-refractivity contribution is 7.09. The molecule has 1 aromatic carbocycles. The topological polar surface area (TPSA) is 53.6 Å². The van der Waals surface area contributed by atoms with Crippen LogP contribution in [0.1, 0.15) is 23.3 Å². The van der Waals surface area contributed by atoms with Gasteiger partial charge in [-0.25, -0.2) is 9.18 Å². The van der Waals surface area contributed by atoms with Gasteiger partial charge >= 0.3 is 6.03 Å². The molecule has 1 fully saturated rings. The van der Waals surface area contributed by atoms with Gasteiger partial charge in [-0.3, -0.25) is 4.90 Å². The molecule has 0 aliphatic carbocycles. The standard InChI is InChI=1S/C19H24FN3O2S/c1-25-18-5-4-14(11-17(18)20)13-23-8-6-15(7-9-23)22-19(24)21-12-16-3-2-10-26-16/h2-5,10-11,15H,6-9,12-13H2,1H3,(H2,21,22,24). The van der Waals surface area contributed by atoms with Gasteiger partial charge in [0.15, 0.2) is 11.6 Å². The Bertz CT molecular complexity index is 716. The van der Waals surface area contributed by atoms with Crippen LogP contribution in [0.3, 0.4) is 0 Å². The Labute approximate surface area is 157 Å². The maximum absolute atomic E-state index is 13.8. The summed E-state index contributed by atoms with van der Waals surface area (Å²) >= 11 is 1.63. The smallest absolute Gasteiger partial charge is 0.315 e. The summed E-state index contributed by atoms with van der Waals surface area (Å²) in [5.74, 6) is -0.0609. The van der Waals surface area contributed by atoms with E-state index in [2.05, 4.69) is 15.5 Å². The molecule has 1 saturated heterocycles. The lowest BCUT2D eigenvalue weighted by atomic mass is 10.0. The van der Waals surface area contributed by atoms with Gasteiger partial charge in [-0.2, -0.15) is 0 Å². The molecule has 1 aromatic heterocycles. The summed E-state index contributed by atoms with van der Waals surface area (Å²) in [6, 6.07) is 9.13. The number of hydrogen-bond donors (Lipinski definition) is 2. The van der Waals surface area contributed by atoms with E-state index < -0.39 is 0 Å². The summed E-state index contributed by atoms with van der Waals surface area (Å²) in [7, 11) is 1.46. The molecule has 0 bridgehead atoms. The summed E-state index contributed by atoms with van der Waals surface area (Å²) < 4.78 is 18.7. The number of thiophene rings is 1. The Morgan fingerprint density at radius 1 is 1.35 bits per heavy atom. The van der Waals surface area contributed by atoms with Crippen LogP contribution in [-0.2, 0) is 13.1 Å². The number of methoxy groups -OCH3 is 1. The van der Waals surface area contributed by atoms with E-state index in [4.69, 9.17) is 4.74 Å². The first kappa shape index (κ1) is 18.7. The van der Waals surface area contributed by atoms with Crippen LogP contribution >= 0.6 is 11.3 Å². The molecule has 1 aliphatic rings. The zero-order chi connectivity index (χ0) is 18.4. The highest BCUT2D eigenvalue weighted by Gasteiger charge is 2.21. The molecule has 0 atom stereocenters. The Balaban J connectivity index is 1.39. The molecule has 140 valence electrons. The summed E-state index contributed by atoms with van der Waals surface area (Å²) in [5.41, 5.74) is 0.934. The fraction of sp³-hybridized carbons (Fsp3) is 0.421. The molecule has 2 N–H and O–H groups in total. The van der Waals surface area contributed by atoms with Crippen LogP contribution in [0.2, 0.25) is 0 Å². The van der Waals surface area contributed by atoms with E-state index in [-0.39, 0.29) is 23.6 Å². The first-order chi connectivity index (χ1) is 12.6. The second-order valence-electron chi connectivity index (χ2n) is 6.43. The predicted octanol–water partition coefficient (Wildman–Crippen LogP) is 3.36. The molecule has 7 heteroatoms. The minimum Gasteiger partial charge on any atom is -0.494 e. The van der Waals surface area contributed by atoms with Crippen molar-refractivity contribution in [3.8, 4) is 5.75 Å².